The molecule has 0 amide bonds. The van der Waals surface area contributed by atoms with Crippen LogP contribution >= 0.6 is 43.5 Å². The molecule has 1 aromatic heterocycles. The van der Waals surface area contributed by atoms with Crippen LogP contribution in [0.15, 0.2) is 45.3 Å². The predicted molar refractivity (Wildman–Crippen MR) is 92.6 cm³/mol. The SMILES string of the molecule is COc1cccc2c1nc(CCl)n2-c1c(Br)cccc1Br. The van der Waals surface area contributed by atoms with Gasteiger partial charge in [0.1, 0.15) is 17.1 Å². The van der Waals surface area contributed by atoms with Crippen LogP contribution in [0.25, 0.3) is 16.7 Å². The van der Waals surface area contributed by atoms with Gasteiger partial charge in [-0.05, 0) is 56.1 Å². The monoisotopic (exact) mass is 428 g/mol. The molecule has 0 radical (unpaired) electrons. The molecular weight excluding hydrogens is 419 g/mol. The van der Waals surface area contributed by atoms with Crippen molar-refractivity contribution in [2.75, 3.05) is 7.11 Å². The smallest absolute Gasteiger partial charge is 0.146 e. The van der Waals surface area contributed by atoms with Gasteiger partial charge < -0.3 is 4.74 Å². The molecule has 0 aliphatic heterocycles. The molecular formula is C15H11Br2ClN2O. The molecule has 0 bridgehead atoms. The molecule has 6 heteroatoms. The molecule has 0 fully saturated rings. The number of methoxy groups -OCH3 is 1. The fourth-order valence-electron chi connectivity index (χ4n) is 2.33. The second kappa shape index (κ2) is 5.99. The van der Waals surface area contributed by atoms with Crippen LogP contribution in [0, 0.1) is 0 Å². The summed E-state index contributed by atoms with van der Waals surface area (Å²) >= 11 is 13.3. The second-order valence-electron chi connectivity index (χ2n) is 4.40. The first-order valence-electron chi connectivity index (χ1n) is 6.22. The molecule has 3 rings (SSSR count). The second-order valence-corrected chi connectivity index (χ2v) is 6.37. The van der Waals surface area contributed by atoms with Gasteiger partial charge in [-0.3, -0.25) is 4.57 Å². The van der Waals surface area contributed by atoms with Crippen LogP contribution in [0.2, 0.25) is 0 Å². The van der Waals surface area contributed by atoms with Crippen LogP contribution in [-0.4, -0.2) is 16.7 Å². The van der Waals surface area contributed by atoms with E-state index in [-0.39, 0.29) is 0 Å². The van der Waals surface area contributed by atoms with Crippen LogP contribution in [0.1, 0.15) is 5.82 Å². The Morgan fingerprint density at radius 2 is 1.81 bits per heavy atom. The van der Waals surface area contributed by atoms with Gasteiger partial charge in [-0.2, -0.15) is 0 Å². The summed E-state index contributed by atoms with van der Waals surface area (Å²) in [5, 5.41) is 0. The normalized spacial score (nSPS) is 11.0. The van der Waals surface area contributed by atoms with Gasteiger partial charge in [-0.15, -0.1) is 11.6 Å². The number of para-hydroxylation sites is 2. The minimum atomic E-state index is 0.311. The molecule has 2 aromatic carbocycles. The number of alkyl halides is 1. The zero-order valence-corrected chi connectivity index (χ0v) is 15.0. The zero-order chi connectivity index (χ0) is 15.0. The fourth-order valence-corrected chi connectivity index (χ4v) is 3.86. The quantitative estimate of drug-likeness (QED) is 0.528. The Hall–Kier alpha value is -1.04. The number of imidazole rings is 1. The Kier molecular flexibility index (Phi) is 4.24. The molecule has 0 aliphatic carbocycles. The first-order valence-corrected chi connectivity index (χ1v) is 8.34. The van der Waals surface area contributed by atoms with E-state index in [2.05, 4.69) is 36.8 Å². The van der Waals surface area contributed by atoms with Gasteiger partial charge in [0.15, 0.2) is 0 Å². The van der Waals surface area contributed by atoms with Gasteiger partial charge in [0.2, 0.25) is 0 Å². The minimum Gasteiger partial charge on any atom is -0.494 e. The number of aromatic nitrogens is 2. The summed E-state index contributed by atoms with van der Waals surface area (Å²) < 4.78 is 9.36. The maximum atomic E-state index is 6.10. The molecule has 0 aliphatic rings. The van der Waals surface area contributed by atoms with E-state index in [1.54, 1.807) is 7.11 Å². The average molecular weight is 431 g/mol. The number of ether oxygens (including phenoxy) is 1. The van der Waals surface area contributed by atoms with Crippen molar-refractivity contribution in [1.82, 2.24) is 9.55 Å². The van der Waals surface area contributed by atoms with Crippen LogP contribution in [0.4, 0.5) is 0 Å². The van der Waals surface area contributed by atoms with Gasteiger partial charge >= 0.3 is 0 Å². The van der Waals surface area contributed by atoms with Crippen LogP contribution in [0.3, 0.4) is 0 Å². The summed E-state index contributed by atoms with van der Waals surface area (Å²) in [4.78, 5) is 4.62. The maximum Gasteiger partial charge on any atom is 0.146 e. The molecule has 3 aromatic rings. The highest BCUT2D eigenvalue weighted by Crippen LogP contribution is 2.35. The van der Waals surface area contributed by atoms with Crippen molar-refractivity contribution in [3.05, 3.63) is 51.2 Å². The van der Waals surface area contributed by atoms with Crippen molar-refractivity contribution in [3.8, 4) is 11.4 Å². The van der Waals surface area contributed by atoms with E-state index < -0.39 is 0 Å². The largest absolute Gasteiger partial charge is 0.494 e. The third-order valence-electron chi connectivity index (χ3n) is 3.22. The summed E-state index contributed by atoms with van der Waals surface area (Å²) in [5.41, 5.74) is 2.74. The first-order chi connectivity index (χ1) is 10.2. The lowest BCUT2D eigenvalue weighted by atomic mass is 10.2. The highest BCUT2D eigenvalue weighted by atomic mass is 79.9. The van der Waals surface area contributed by atoms with Crippen LogP contribution in [-0.2, 0) is 5.88 Å². The number of halogens is 3. The number of fused-ring (bicyclic) bond motifs is 1. The lowest BCUT2D eigenvalue weighted by molar-refractivity contribution is 0.419. The summed E-state index contributed by atoms with van der Waals surface area (Å²) in [6.07, 6.45) is 0. The minimum absolute atomic E-state index is 0.311. The standard InChI is InChI=1S/C15H11Br2ClN2O/c1-21-12-7-3-6-11-14(12)19-13(8-18)20(11)15-9(16)4-2-5-10(15)17/h2-7H,8H2,1H3. The Bertz CT molecular complexity index is 797. The van der Waals surface area contributed by atoms with E-state index in [0.29, 0.717) is 5.88 Å². The number of nitrogens with zero attached hydrogens (tertiary/aromatic N) is 2. The molecule has 3 nitrogen and oxygen atoms in total. The van der Waals surface area contributed by atoms with Gasteiger partial charge in [0.25, 0.3) is 0 Å². The summed E-state index contributed by atoms with van der Waals surface area (Å²) in [7, 11) is 1.64. The van der Waals surface area contributed by atoms with Gasteiger partial charge in [-0.1, -0.05) is 12.1 Å². The molecule has 0 atom stereocenters. The highest BCUT2D eigenvalue weighted by Gasteiger charge is 2.18. The Labute approximate surface area is 144 Å². The molecule has 1 heterocycles. The highest BCUT2D eigenvalue weighted by molar-refractivity contribution is 9.11. The van der Waals surface area contributed by atoms with Gasteiger partial charge in [-0.25, -0.2) is 4.98 Å². The molecule has 21 heavy (non-hydrogen) atoms. The molecule has 0 saturated carbocycles. The molecule has 0 unspecified atom stereocenters. The predicted octanol–water partition coefficient (Wildman–Crippen LogP) is 5.30. The Morgan fingerprint density at radius 3 is 2.43 bits per heavy atom. The summed E-state index contributed by atoms with van der Waals surface area (Å²) in [6.45, 7) is 0. The molecule has 108 valence electrons. The van der Waals surface area contributed by atoms with Gasteiger partial charge in [0.05, 0.1) is 24.2 Å². The van der Waals surface area contributed by atoms with E-state index in [4.69, 9.17) is 16.3 Å². The molecule has 0 N–H and O–H groups in total. The van der Waals surface area contributed by atoms with E-state index in [1.807, 2.05) is 41.0 Å². The lowest BCUT2D eigenvalue weighted by Gasteiger charge is -2.12. The summed E-state index contributed by atoms with van der Waals surface area (Å²) in [6, 6.07) is 11.8. The molecule has 0 saturated heterocycles. The third kappa shape index (κ3) is 2.47. The van der Waals surface area contributed by atoms with Crippen molar-refractivity contribution in [2.45, 2.75) is 5.88 Å². The van der Waals surface area contributed by atoms with Crippen molar-refractivity contribution in [3.63, 3.8) is 0 Å². The van der Waals surface area contributed by atoms with Crippen molar-refractivity contribution < 1.29 is 4.74 Å². The lowest BCUT2D eigenvalue weighted by Crippen LogP contribution is -2.01. The van der Waals surface area contributed by atoms with Crippen molar-refractivity contribution >= 4 is 54.5 Å². The first kappa shape index (κ1) is 14.9. The van der Waals surface area contributed by atoms with Crippen LogP contribution < -0.4 is 4.74 Å². The topological polar surface area (TPSA) is 27.1 Å². The number of hydrogen-bond donors (Lipinski definition) is 0. The average Bonchev–Trinajstić information content (AvgIpc) is 2.86. The third-order valence-corrected chi connectivity index (χ3v) is 4.74. The molecule has 0 spiro atoms. The summed E-state index contributed by atoms with van der Waals surface area (Å²) in [5.74, 6) is 1.82. The number of rotatable bonds is 3. The van der Waals surface area contributed by atoms with E-state index in [1.165, 1.54) is 0 Å². The van der Waals surface area contributed by atoms with E-state index >= 15 is 0 Å². The van der Waals surface area contributed by atoms with E-state index in [0.717, 1.165) is 37.2 Å². The van der Waals surface area contributed by atoms with Crippen LogP contribution in [0.5, 0.6) is 5.75 Å². The number of hydrogen-bond acceptors (Lipinski definition) is 2. The van der Waals surface area contributed by atoms with Gasteiger partial charge in [0, 0.05) is 8.95 Å². The zero-order valence-electron chi connectivity index (χ0n) is 11.1. The number of benzene rings is 2. The maximum absolute atomic E-state index is 6.10. The van der Waals surface area contributed by atoms with Crippen molar-refractivity contribution in [1.29, 1.82) is 0 Å². The van der Waals surface area contributed by atoms with E-state index in [9.17, 15) is 0 Å². The Balaban J connectivity index is 2.42. The Morgan fingerprint density at radius 1 is 1.14 bits per heavy atom. The van der Waals surface area contributed by atoms with Crippen molar-refractivity contribution in [2.24, 2.45) is 0 Å². The fraction of sp³-hybridized carbons (Fsp3) is 0.133.